The van der Waals surface area contributed by atoms with Crippen molar-refractivity contribution in [3.05, 3.63) is 101 Å². The number of aliphatic hydroxyl groups is 1. The van der Waals surface area contributed by atoms with E-state index in [0.29, 0.717) is 17.0 Å². The van der Waals surface area contributed by atoms with Crippen LogP contribution in [-0.2, 0) is 21.4 Å². The van der Waals surface area contributed by atoms with Crippen LogP contribution in [0.5, 0.6) is 5.75 Å². The number of aliphatic hydroxyl groups excluding tert-OH is 1. The molecule has 3 aromatic carbocycles. The molecule has 4 rings (SSSR count). The molecule has 0 spiro atoms. The molecule has 1 aliphatic heterocycles. The Balaban J connectivity index is 1.91. The molecule has 180 valence electrons. The molecule has 0 aliphatic carbocycles. The number of aryl methyl sites for hydroxylation is 1. The van der Waals surface area contributed by atoms with Gasteiger partial charge in [0.25, 0.3) is 11.7 Å². The van der Waals surface area contributed by atoms with Crippen molar-refractivity contribution in [2.24, 2.45) is 0 Å². The predicted octanol–water partition coefficient (Wildman–Crippen LogP) is 6.18. The molecule has 1 saturated heterocycles. The van der Waals surface area contributed by atoms with Crippen LogP contribution in [-0.4, -0.2) is 23.9 Å². The second kappa shape index (κ2) is 9.41. The van der Waals surface area contributed by atoms with E-state index in [1.54, 1.807) is 43.5 Å². The van der Waals surface area contributed by atoms with Crippen molar-refractivity contribution >= 4 is 23.1 Å². The zero-order chi connectivity index (χ0) is 25.3. The molecule has 1 unspecified atom stereocenters. The molecule has 35 heavy (non-hydrogen) atoms. The molecule has 1 heterocycles. The Kier molecular flexibility index (Phi) is 6.53. The lowest BCUT2D eigenvalue weighted by Gasteiger charge is -2.27. The van der Waals surface area contributed by atoms with E-state index in [0.717, 1.165) is 23.1 Å². The topological polar surface area (TPSA) is 66.8 Å². The highest BCUT2D eigenvalue weighted by molar-refractivity contribution is 6.51. The van der Waals surface area contributed by atoms with Crippen LogP contribution in [0.1, 0.15) is 56.0 Å². The first-order valence-corrected chi connectivity index (χ1v) is 11.8. The number of ketones is 1. The van der Waals surface area contributed by atoms with E-state index in [4.69, 9.17) is 4.74 Å². The van der Waals surface area contributed by atoms with Gasteiger partial charge in [-0.3, -0.25) is 14.5 Å². The van der Waals surface area contributed by atoms with Gasteiger partial charge in [-0.05, 0) is 40.7 Å². The SMILES string of the molecule is CCc1ccc(/C(O)=C2\C(=O)C(=O)N(c3cccc(OC)c3)C2c2ccc(C(C)(C)C)cc2)cc1. The molecule has 1 fully saturated rings. The summed E-state index contributed by atoms with van der Waals surface area (Å²) >= 11 is 0. The van der Waals surface area contributed by atoms with Crippen LogP contribution in [0.25, 0.3) is 5.76 Å². The van der Waals surface area contributed by atoms with Gasteiger partial charge in [-0.15, -0.1) is 0 Å². The molecule has 0 bridgehead atoms. The summed E-state index contributed by atoms with van der Waals surface area (Å²) in [5.41, 5.74) is 4.05. The quantitative estimate of drug-likeness (QED) is 0.275. The maximum Gasteiger partial charge on any atom is 0.300 e. The van der Waals surface area contributed by atoms with Gasteiger partial charge in [0.05, 0.1) is 18.7 Å². The van der Waals surface area contributed by atoms with Crippen LogP contribution in [0.4, 0.5) is 5.69 Å². The third kappa shape index (κ3) is 4.59. The fourth-order valence-corrected chi connectivity index (χ4v) is 4.39. The standard InChI is InChI=1S/C30H31NO4/c1-6-19-10-12-21(13-11-19)27(32)25-26(20-14-16-22(17-15-20)30(2,3)4)31(29(34)28(25)33)23-8-7-9-24(18-23)35-5/h7-18,26,32H,6H2,1-5H3/b27-25+. The number of hydrogen-bond donors (Lipinski definition) is 1. The van der Waals surface area contributed by atoms with Crippen LogP contribution >= 0.6 is 0 Å². The van der Waals surface area contributed by atoms with Crippen molar-refractivity contribution in [1.82, 2.24) is 0 Å². The average Bonchev–Trinajstić information content (AvgIpc) is 3.13. The largest absolute Gasteiger partial charge is 0.507 e. The van der Waals surface area contributed by atoms with Gasteiger partial charge in [0.2, 0.25) is 0 Å². The lowest BCUT2D eigenvalue weighted by atomic mass is 9.85. The Morgan fingerprint density at radius 3 is 2.20 bits per heavy atom. The lowest BCUT2D eigenvalue weighted by Crippen LogP contribution is -2.29. The lowest BCUT2D eigenvalue weighted by molar-refractivity contribution is -0.132. The maximum atomic E-state index is 13.4. The molecule has 0 saturated carbocycles. The molecular formula is C30H31NO4. The third-order valence-corrected chi connectivity index (χ3v) is 6.50. The fourth-order valence-electron chi connectivity index (χ4n) is 4.39. The molecule has 1 amide bonds. The summed E-state index contributed by atoms with van der Waals surface area (Å²) in [4.78, 5) is 28.2. The van der Waals surface area contributed by atoms with Crippen LogP contribution in [0, 0.1) is 0 Å². The number of anilines is 1. The Bertz CT molecular complexity index is 1280. The molecule has 0 radical (unpaired) electrons. The van der Waals surface area contributed by atoms with Gasteiger partial charge in [0, 0.05) is 17.3 Å². The van der Waals surface area contributed by atoms with E-state index in [2.05, 4.69) is 27.7 Å². The van der Waals surface area contributed by atoms with Crippen molar-refractivity contribution in [3.63, 3.8) is 0 Å². The van der Waals surface area contributed by atoms with Crippen LogP contribution < -0.4 is 9.64 Å². The summed E-state index contributed by atoms with van der Waals surface area (Å²) in [5, 5.41) is 11.3. The van der Waals surface area contributed by atoms with Gasteiger partial charge < -0.3 is 9.84 Å². The summed E-state index contributed by atoms with van der Waals surface area (Å²) in [6.45, 7) is 8.44. The smallest absolute Gasteiger partial charge is 0.300 e. The van der Waals surface area contributed by atoms with Gasteiger partial charge in [0.15, 0.2) is 0 Å². The normalized spacial score (nSPS) is 17.6. The third-order valence-electron chi connectivity index (χ3n) is 6.50. The Morgan fingerprint density at radius 2 is 1.63 bits per heavy atom. The minimum absolute atomic E-state index is 0.0475. The minimum Gasteiger partial charge on any atom is -0.507 e. The maximum absolute atomic E-state index is 13.4. The molecule has 5 heteroatoms. The van der Waals surface area contributed by atoms with Gasteiger partial charge >= 0.3 is 0 Å². The van der Waals surface area contributed by atoms with Crippen molar-refractivity contribution in [2.45, 2.75) is 45.6 Å². The number of methoxy groups -OCH3 is 1. The Hall–Kier alpha value is -3.86. The highest BCUT2D eigenvalue weighted by atomic mass is 16.5. The van der Waals surface area contributed by atoms with Crippen LogP contribution in [0.15, 0.2) is 78.4 Å². The van der Waals surface area contributed by atoms with Crippen molar-refractivity contribution < 1.29 is 19.4 Å². The number of nitrogens with zero attached hydrogens (tertiary/aromatic N) is 1. The van der Waals surface area contributed by atoms with Gasteiger partial charge in [-0.25, -0.2) is 0 Å². The Labute approximate surface area is 206 Å². The summed E-state index contributed by atoms with van der Waals surface area (Å²) in [7, 11) is 1.55. The number of hydrogen-bond acceptors (Lipinski definition) is 4. The number of carbonyl (C=O) groups is 2. The van der Waals surface area contributed by atoms with Crippen molar-refractivity contribution in [2.75, 3.05) is 12.0 Å². The van der Waals surface area contributed by atoms with Crippen LogP contribution in [0.3, 0.4) is 0 Å². The molecular weight excluding hydrogens is 438 g/mol. The predicted molar refractivity (Wildman–Crippen MR) is 139 cm³/mol. The molecule has 1 atom stereocenters. The molecule has 3 aromatic rings. The number of amides is 1. The van der Waals surface area contributed by atoms with E-state index in [1.165, 1.54) is 4.90 Å². The summed E-state index contributed by atoms with van der Waals surface area (Å²) in [6, 6.07) is 21.5. The second-order valence-electron chi connectivity index (χ2n) is 9.79. The van der Waals surface area contributed by atoms with Gasteiger partial charge in [-0.1, -0.05) is 82.3 Å². The number of carbonyl (C=O) groups excluding carboxylic acids is 2. The summed E-state index contributed by atoms with van der Waals surface area (Å²) < 4.78 is 5.35. The highest BCUT2D eigenvalue weighted by Gasteiger charge is 2.47. The summed E-state index contributed by atoms with van der Waals surface area (Å²) in [6.07, 6.45) is 0.862. The highest BCUT2D eigenvalue weighted by Crippen LogP contribution is 2.43. The first kappa shape index (κ1) is 24.3. The first-order chi connectivity index (χ1) is 16.7. The average molecular weight is 470 g/mol. The van der Waals surface area contributed by atoms with Crippen molar-refractivity contribution in [1.29, 1.82) is 0 Å². The fraction of sp³-hybridized carbons (Fsp3) is 0.267. The van der Waals surface area contributed by atoms with E-state index in [9.17, 15) is 14.7 Å². The van der Waals surface area contributed by atoms with Gasteiger partial charge in [0.1, 0.15) is 11.5 Å². The van der Waals surface area contributed by atoms with Gasteiger partial charge in [-0.2, -0.15) is 0 Å². The second-order valence-corrected chi connectivity index (χ2v) is 9.79. The van der Waals surface area contributed by atoms with Crippen LogP contribution in [0.2, 0.25) is 0 Å². The molecule has 0 aromatic heterocycles. The van der Waals surface area contributed by atoms with Crippen molar-refractivity contribution in [3.8, 4) is 5.75 Å². The molecule has 5 nitrogen and oxygen atoms in total. The molecule has 1 aliphatic rings. The Morgan fingerprint density at radius 1 is 0.971 bits per heavy atom. The van der Waals surface area contributed by atoms with E-state index < -0.39 is 17.7 Å². The molecule has 1 N–H and O–H groups in total. The van der Waals surface area contributed by atoms with E-state index >= 15 is 0 Å². The minimum atomic E-state index is -0.776. The monoisotopic (exact) mass is 469 g/mol. The summed E-state index contributed by atoms with van der Waals surface area (Å²) in [5.74, 6) is -1.01. The zero-order valence-electron chi connectivity index (χ0n) is 20.8. The van der Waals surface area contributed by atoms with E-state index in [-0.39, 0.29) is 16.7 Å². The number of rotatable bonds is 5. The zero-order valence-corrected chi connectivity index (χ0v) is 20.8. The number of Topliss-reactive ketones (excluding diaryl/α,β-unsaturated/α-hetero) is 1. The first-order valence-electron chi connectivity index (χ1n) is 11.8. The number of benzene rings is 3. The van der Waals surface area contributed by atoms with E-state index in [1.807, 2.05) is 36.4 Å². The number of ether oxygens (including phenoxy) is 1.